The summed E-state index contributed by atoms with van der Waals surface area (Å²) in [6.07, 6.45) is 5.30. The number of amides is 1. The minimum absolute atomic E-state index is 0.0531. The third kappa shape index (κ3) is 3.43. The van der Waals surface area contributed by atoms with Crippen LogP contribution in [0, 0.1) is 0 Å². The highest BCUT2D eigenvalue weighted by atomic mass is 16.5. The van der Waals surface area contributed by atoms with Crippen molar-refractivity contribution in [3.05, 3.63) is 24.5 Å². The molecule has 0 aliphatic carbocycles. The first-order valence-electron chi connectivity index (χ1n) is 6.13. The molecule has 98 valence electrons. The maximum absolute atomic E-state index is 11.6. The van der Waals surface area contributed by atoms with Crippen molar-refractivity contribution in [1.82, 2.24) is 9.88 Å². The first-order valence-corrected chi connectivity index (χ1v) is 6.13. The lowest BCUT2D eigenvalue weighted by Gasteiger charge is -2.32. The van der Waals surface area contributed by atoms with E-state index >= 15 is 0 Å². The molecule has 1 aromatic heterocycles. The van der Waals surface area contributed by atoms with Crippen molar-refractivity contribution < 1.29 is 14.3 Å². The molecule has 0 spiro atoms. The zero-order valence-electron chi connectivity index (χ0n) is 10.5. The average molecular weight is 250 g/mol. The highest BCUT2D eigenvalue weighted by Gasteiger charge is 2.23. The van der Waals surface area contributed by atoms with Gasteiger partial charge in [-0.3, -0.25) is 9.78 Å². The largest absolute Gasteiger partial charge is 0.489 e. The number of ether oxygens (including phenoxy) is 2. The van der Waals surface area contributed by atoms with Gasteiger partial charge in [0.05, 0.1) is 6.20 Å². The van der Waals surface area contributed by atoms with Crippen molar-refractivity contribution in [2.75, 3.05) is 26.8 Å². The molecule has 1 aromatic rings. The molecule has 5 heteroatoms. The Morgan fingerprint density at radius 3 is 2.89 bits per heavy atom. The van der Waals surface area contributed by atoms with Gasteiger partial charge in [0.2, 0.25) is 5.91 Å². The molecule has 0 unspecified atom stereocenters. The molecule has 0 radical (unpaired) electrons. The van der Waals surface area contributed by atoms with E-state index in [1.165, 1.54) is 7.11 Å². The summed E-state index contributed by atoms with van der Waals surface area (Å²) in [5.41, 5.74) is 0. The third-order valence-electron chi connectivity index (χ3n) is 3.00. The SMILES string of the molecule is COCC(=O)N1CCC(Oc2cccnc2)CC1. The zero-order chi connectivity index (χ0) is 12.8. The van der Waals surface area contributed by atoms with Crippen LogP contribution >= 0.6 is 0 Å². The summed E-state index contributed by atoms with van der Waals surface area (Å²) in [5, 5.41) is 0. The minimum atomic E-state index is 0.0531. The van der Waals surface area contributed by atoms with Crippen LogP contribution in [0.1, 0.15) is 12.8 Å². The highest BCUT2D eigenvalue weighted by molar-refractivity contribution is 5.77. The second-order valence-electron chi connectivity index (χ2n) is 4.32. The van der Waals surface area contributed by atoms with Gasteiger partial charge in [-0.2, -0.15) is 0 Å². The fraction of sp³-hybridized carbons (Fsp3) is 0.538. The van der Waals surface area contributed by atoms with E-state index < -0.39 is 0 Å². The fourth-order valence-electron chi connectivity index (χ4n) is 2.05. The predicted molar refractivity (Wildman–Crippen MR) is 66.3 cm³/mol. The number of pyridine rings is 1. The van der Waals surface area contributed by atoms with Crippen LogP contribution in [0.15, 0.2) is 24.5 Å². The van der Waals surface area contributed by atoms with E-state index in [0.29, 0.717) is 0 Å². The van der Waals surface area contributed by atoms with Crippen LogP contribution in [0.5, 0.6) is 5.75 Å². The number of piperidine rings is 1. The third-order valence-corrected chi connectivity index (χ3v) is 3.00. The van der Waals surface area contributed by atoms with E-state index in [0.717, 1.165) is 31.7 Å². The Kier molecular flexibility index (Phi) is 4.52. The van der Waals surface area contributed by atoms with Gasteiger partial charge in [0.1, 0.15) is 18.5 Å². The summed E-state index contributed by atoms with van der Waals surface area (Å²) < 4.78 is 10.7. The van der Waals surface area contributed by atoms with Gasteiger partial charge in [-0.05, 0) is 12.1 Å². The van der Waals surface area contributed by atoms with Crippen LogP contribution in [-0.2, 0) is 9.53 Å². The Hall–Kier alpha value is -1.62. The van der Waals surface area contributed by atoms with E-state index in [9.17, 15) is 4.79 Å². The zero-order valence-corrected chi connectivity index (χ0v) is 10.5. The van der Waals surface area contributed by atoms with Crippen LogP contribution in [0.25, 0.3) is 0 Å². The highest BCUT2D eigenvalue weighted by Crippen LogP contribution is 2.17. The monoisotopic (exact) mass is 250 g/mol. The summed E-state index contributed by atoms with van der Waals surface area (Å²) in [6, 6.07) is 3.75. The number of hydrogen-bond acceptors (Lipinski definition) is 4. The van der Waals surface area contributed by atoms with E-state index in [-0.39, 0.29) is 18.6 Å². The Morgan fingerprint density at radius 2 is 2.28 bits per heavy atom. The first kappa shape index (κ1) is 12.8. The fourth-order valence-corrected chi connectivity index (χ4v) is 2.05. The van der Waals surface area contributed by atoms with Crippen molar-refractivity contribution in [3.63, 3.8) is 0 Å². The van der Waals surface area contributed by atoms with Gasteiger partial charge in [-0.25, -0.2) is 0 Å². The Bertz CT molecular complexity index is 375. The summed E-state index contributed by atoms with van der Waals surface area (Å²) in [4.78, 5) is 17.5. The van der Waals surface area contributed by atoms with Crippen LogP contribution in [-0.4, -0.2) is 48.7 Å². The molecule has 1 aliphatic rings. The molecule has 5 nitrogen and oxygen atoms in total. The Balaban J connectivity index is 1.78. The van der Waals surface area contributed by atoms with E-state index in [2.05, 4.69) is 4.98 Å². The van der Waals surface area contributed by atoms with E-state index in [1.807, 2.05) is 17.0 Å². The molecule has 0 bridgehead atoms. The van der Waals surface area contributed by atoms with Crippen molar-refractivity contribution in [3.8, 4) is 5.75 Å². The van der Waals surface area contributed by atoms with Gasteiger partial charge >= 0.3 is 0 Å². The maximum atomic E-state index is 11.6. The smallest absolute Gasteiger partial charge is 0.248 e. The van der Waals surface area contributed by atoms with Gasteiger partial charge in [0, 0.05) is 39.2 Å². The van der Waals surface area contributed by atoms with Gasteiger partial charge in [-0.1, -0.05) is 0 Å². The number of carbonyl (C=O) groups is 1. The number of carbonyl (C=O) groups excluding carboxylic acids is 1. The molecule has 2 rings (SSSR count). The van der Waals surface area contributed by atoms with E-state index in [1.54, 1.807) is 12.4 Å². The number of aromatic nitrogens is 1. The average Bonchev–Trinajstić information content (AvgIpc) is 2.41. The van der Waals surface area contributed by atoms with Crippen molar-refractivity contribution in [2.24, 2.45) is 0 Å². The quantitative estimate of drug-likeness (QED) is 0.803. The summed E-state index contributed by atoms with van der Waals surface area (Å²) in [5.74, 6) is 0.844. The lowest BCUT2D eigenvalue weighted by Crippen LogP contribution is -2.43. The van der Waals surface area contributed by atoms with Crippen LogP contribution in [0.4, 0.5) is 0 Å². The van der Waals surface area contributed by atoms with Gasteiger partial charge < -0.3 is 14.4 Å². The molecule has 18 heavy (non-hydrogen) atoms. The van der Waals surface area contributed by atoms with Crippen molar-refractivity contribution in [2.45, 2.75) is 18.9 Å². The van der Waals surface area contributed by atoms with Crippen LogP contribution < -0.4 is 4.74 Å². The molecule has 1 amide bonds. The molecule has 1 aliphatic heterocycles. The maximum Gasteiger partial charge on any atom is 0.248 e. The van der Waals surface area contributed by atoms with E-state index in [4.69, 9.17) is 9.47 Å². The van der Waals surface area contributed by atoms with Gasteiger partial charge in [0.15, 0.2) is 0 Å². The lowest BCUT2D eigenvalue weighted by atomic mass is 10.1. The Morgan fingerprint density at radius 1 is 1.50 bits per heavy atom. The normalized spacial score (nSPS) is 16.6. The second-order valence-corrected chi connectivity index (χ2v) is 4.32. The molecule has 1 fully saturated rings. The molecule has 0 saturated carbocycles. The second kappa shape index (κ2) is 6.35. The molecule has 2 heterocycles. The summed E-state index contributed by atoms with van der Waals surface area (Å²) >= 11 is 0. The number of methoxy groups -OCH3 is 1. The molecule has 0 atom stereocenters. The molecule has 0 N–H and O–H groups in total. The van der Waals surface area contributed by atoms with Crippen molar-refractivity contribution in [1.29, 1.82) is 0 Å². The summed E-state index contributed by atoms with van der Waals surface area (Å²) in [7, 11) is 1.54. The van der Waals surface area contributed by atoms with Gasteiger partial charge in [-0.15, -0.1) is 0 Å². The predicted octanol–water partition coefficient (Wildman–Crippen LogP) is 1.10. The van der Waals surface area contributed by atoms with Crippen LogP contribution in [0.3, 0.4) is 0 Å². The lowest BCUT2D eigenvalue weighted by molar-refractivity contribution is -0.136. The van der Waals surface area contributed by atoms with Crippen molar-refractivity contribution >= 4 is 5.91 Å². The Labute approximate surface area is 107 Å². The number of hydrogen-bond donors (Lipinski definition) is 0. The number of likely N-dealkylation sites (tertiary alicyclic amines) is 1. The first-order chi connectivity index (χ1) is 8.79. The topological polar surface area (TPSA) is 51.7 Å². The number of nitrogens with zero attached hydrogens (tertiary/aromatic N) is 2. The van der Waals surface area contributed by atoms with Gasteiger partial charge in [0.25, 0.3) is 0 Å². The molecular formula is C13H18N2O3. The summed E-state index contributed by atoms with van der Waals surface area (Å²) in [6.45, 7) is 1.62. The number of rotatable bonds is 4. The molecule has 1 saturated heterocycles. The minimum Gasteiger partial charge on any atom is -0.489 e. The molecular weight excluding hydrogens is 232 g/mol. The molecule has 0 aromatic carbocycles. The van der Waals surface area contributed by atoms with Crippen LogP contribution in [0.2, 0.25) is 0 Å². The standard InChI is InChI=1S/C13H18N2O3/c1-17-10-13(16)15-7-4-11(5-8-15)18-12-3-2-6-14-9-12/h2-3,6,9,11H,4-5,7-8,10H2,1H3.